The summed E-state index contributed by atoms with van der Waals surface area (Å²) in [5.74, 6) is -0.473. The molecule has 5 heteroatoms. The van der Waals surface area contributed by atoms with Gasteiger partial charge in [-0.1, -0.05) is 42.5 Å². The zero-order valence-corrected chi connectivity index (χ0v) is 14.8. The summed E-state index contributed by atoms with van der Waals surface area (Å²) in [6.07, 6.45) is 0. The van der Waals surface area contributed by atoms with Gasteiger partial charge in [-0.25, -0.2) is 0 Å². The molecule has 2 aromatic rings. The van der Waals surface area contributed by atoms with Gasteiger partial charge in [0.25, 0.3) is 5.91 Å². The minimum absolute atomic E-state index is 0.102. The molecule has 1 amide bonds. The molecule has 0 aliphatic carbocycles. The first-order chi connectivity index (χ1) is 11.5. The topological polar surface area (TPSA) is 55.4 Å². The Morgan fingerprint density at radius 2 is 1.62 bits per heavy atom. The van der Waals surface area contributed by atoms with Crippen molar-refractivity contribution in [3.63, 3.8) is 0 Å². The number of thioether (sulfide) groups is 1. The third-order valence-corrected chi connectivity index (χ3v) is 4.77. The van der Waals surface area contributed by atoms with Gasteiger partial charge in [-0.3, -0.25) is 9.59 Å². The van der Waals surface area contributed by atoms with Crippen molar-refractivity contribution in [2.45, 2.75) is 30.0 Å². The Balaban J connectivity index is 2.13. The van der Waals surface area contributed by atoms with Crippen LogP contribution in [0.2, 0.25) is 0 Å². The summed E-state index contributed by atoms with van der Waals surface area (Å²) < 4.78 is 4.75. The number of rotatable bonds is 6. The van der Waals surface area contributed by atoms with E-state index in [1.165, 1.54) is 18.9 Å². The van der Waals surface area contributed by atoms with Crippen LogP contribution in [0.4, 0.5) is 0 Å². The lowest BCUT2D eigenvalue weighted by Crippen LogP contribution is -2.27. The van der Waals surface area contributed by atoms with E-state index >= 15 is 0 Å². The molecule has 24 heavy (non-hydrogen) atoms. The first-order valence-corrected chi connectivity index (χ1v) is 8.60. The number of methoxy groups -OCH3 is 1. The maximum absolute atomic E-state index is 12.6. The van der Waals surface area contributed by atoms with Gasteiger partial charge >= 0.3 is 5.97 Å². The van der Waals surface area contributed by atoms with E-state index in [1.54, 1.807) is 13.0 Å². The predicted molar refractivity (Wildman–Crippen MR) is 96.1 cm³/mol. The summed E-state index contributed by atoms with van der Waals surface area (Å²) in [6, 6.07) is 17.0. The molecule has 1 N–H and O–H groups in total. The minimum Gasteiger partial charge on any atom is -0.468 e. The second-order valence-electron chi connectivity index (χ2n) is 5.39. The minimum atomic E-state index is -0.379. The number of hydrogen-bond acceptors (Lipinski definition) is 4. The van der Waals surface area contributed by atoms with E-state index in [4.69, 9.17) is 4.74 Å². The molecule has 0 aliphatic heterocycles. The number of carbonyl (C=O) groups excluding carboxylic acids is 2. The molecule has 4 nitrogen and oxygen atoms in total. The summed E-state index contributed by atoms with van der Waals surface area (Å²) in [5.41, 5.74) is 1.60. The normalized spacial score (nSPS) is 13.0. The second kappa shape index (κ2) is 8.55. The smallest absolute Gasteiger partial charge is 0.318 e. The zero-order valence-electron chi connectivity index (χ0n) is 14.0. The quantitative estimate of drug-likeness (QED) is 0.640. The van der Waals surface area contributed by atoms with Gasteiger partial charge in [0, 0.05) is 4.90 Å². The summed E-state index contributed by atoms with van der Waals surface area (Å²) in [7, 11) is 1.36. The monoisotopic (exact) mass is 343 g/mol. The second-order valence-corrected chi connectivity index (χ2v) is 6.77. The van der Waals surface area contributed by atoms with Gasteiger partial charge in [0.2, 0.25) is 0 Å². The first-order valence-electron chi connectivity index (χ1n) is 7.72. The Hall–Kier alpha value is -2.27. The number of esters is 1. The highest BCUT2D eigenvalue weighted by Crippen LogP contribution is 2.28. The van der Waals surface area contributed by atoms with E-state index in [0.717, 1.165) is 10.5 Å². The summed E-state index contributed by atoms with van der Waals surface area (Å²) in [5, 5.41) is 2.62. The van der Waals surface area contributed by atoms with E-state index < -0.39 is 0 Å². The Morgan fingerprint density at radius 3 is 2.29 bits per heavy atom. The lowest BCUT2D eigenvalue weighted by molar-refractivity contribution is -0.139. The van der Waals surface area contributed by atoms with Crippen molar-refractivity contribution in [3.8, 4) is 0 Å². The fraction of sp³-hybridized carbons (Fsp3) is 0.263. The average Bonchev–Trinajstić information content (AvgIpc) is 2.62. The fourth-order valence-electron chi connectivity index (χ4n) is 2.26. The molecule has 0 saturated carbocycles. The summed E-state index contributed by atoms with van der Waals surface area (Å²) in [6.45, 7) is 3.71. The Bertz CT molecular complexity index is 703. The van der Waals surface area contributed by atoms with Crippen molar-refractivity contribution < 1.29 is 14.3 Å². The van der Waals surface area contributed by atoms with E-state index in [0.29, 0.717) is 5.56 Å². The Labute approximate surface area is 146 Å². The lowest BCUT2D eigenvalue weighted by Gasteiger charge is -2.17. The van der Waals surface area contributed by atoms with E-state index in [9.17, 15) is 9.59 Å². The van der Waals surface area contributed by atoms with Crippen LogP contribution in [-0.4, -0.2) is 24.2 Å². The van der Waals surface area contributed by atoms with Crippen LogP contribution in [0, 0.1) is 0 Å². The van der Waals surface area contributed by atoms with Gasteiger partial charge in [0.05, 0.1) is 18.7 Å². The Morgan fingerprint density at radius 1 is 1.00 bits per heavy atom. The van der Waals surface area contributed by atoms with Crippen molar-refractivity contribution in [1.29, 1.82) is 0 Å². The molecule has 0 fully saturated rings. The van der Waals surface area contributed by atoms with Gasteiger partial charge in [0.15, 0.2) is 0 Å². The molecule has 0 aromatic heterocycles. The number of ether oxygens (including phenoxy) is 1. The van der Waals surface area contributed by atoms with Gasteiger partial charge in [-0.15, -0.1) is 11.8 Å². The SMILES string of the molecule is COC(=O)C(C)Sc1ccccc1C(=O)NC(C)c1ccccc1. The average molecular weight is 343 g/mol. The molecule has 0 saturated heterocycles. The number of amides is 1. The fourth-order valence-corrected chi connectivity index (χ4v) is 3.28. The highest BCUT2D eigenvalue weighted by molar-refractivity contribution is 8.00. The maximum atomic E-state index is 12.6. The molecule has 2 aromatic carbocycles. The number of carbonyl (C=O) groups is 2. The van der Waals surface area contributed by atoms with E-state index in [-0.39, 0.29) is 23.2 Å². The van der Waals surface area contributed by atoms with E-state index in [2.05, 4.69) is 5.32 Å². The van der Waals surface area contributed by atoms with Gasteiger partial charge in [0.1, 0.15) is 5.25 Å². The van der Waals surface area contributed by atoms with Crippen LogP contribution in [0.1, 0.15) is 35.8 Å². The molecular weight excluding hydrogens is 322 g/mol. The Kier molecular flexibility index (Phi) is 6.44. The molecule has 2 unspecified atom stereocenters. The van der Waals surface area contributed by atoms with Crippen LogP contribution >= 0.6 is 11.8 Å². The van der Waals surface area contributed by atoms with Crippen molar-refractivity contribution in [2.24, 2.45) is 0 Å². The largest absolute Gasteiger partial charge is 0.468 e. The van der Waals surface area contributed by atoms with Crippen molar-refractivity contribution in [1.82, 2.24) is 5.32 Å². The summed E-state index contributed by atoms with van der Waals surface area (Å²) in [4.78, 5) is 25.0. The van der Waals surface area contributed by atoms with Crippen molar-refractivity contribution in [3.05, 3.63) is 65.7 Å². The van der Waals surface area contributed by atoms with Crippen LogP contribution in [0.25, 0.3) is 0 Å². The van der Waals surface area contributed by atoms with Gasteiger partial charge in [-0.2, -0.15) is 0 Å². The molecule has 2 rings (SSSR count). The van der Waals surface area contributed by atoms with Crippen LogP contribution in [0.3, 0.4) is 0 Å². The highest BCUT2D eigenvalue weighted by Gasteiger charge is 2.20. The van der Waals surface area contributed by atoms with Crippen LogP contribution < -0.4 is 5.32 Å². The molecule has 0 bridgehead atoms. The first kappa shape index (κ1) is 18.1. The van der Waals surface area contributed by atoms with E-state index in [1.807, 2.05) is 55.5 Å². The third-order valence-electron chi connectivity index (χ3n) is 3.62. The molecule has 0 heterocycles. The highest BCUT2D eigenvalue weighted by atomic mass is 32.2. The van der Waals surface area contributed by atoms with Crippen LogP contribution in [0.15, 0.2) is 59.5 Å². The third kappa shape index (κ3) is 4.61. The summed E-state index contributed by atoms with van der Waals surface area (Å²) >= 11 is 1.32. The van der Waals surface area contributed by atoms with Gasteiger partial charge < -0.3 is 10.1 Å². The molecule has 2 atom stereocenters. The lowest BCUT2D eigenvalue weighted by atomic mass is 10.1. The van der Waals surface area contributed by atoms with Gasteiger partial charge in [-0.05, 0) is 31.5 Å². The van der Waals surface area contributed by atoms with Crippen molar-refractivity contribution >= 4 is 23.6 Å². The number of benzene rings is 2. The number of hydrogen-bond donors (Lipinski definition) is 1. The maximum Gasteiger partial charge on any atom is 0.318 e. The molecule has 0 radical (unpaired) electrons. The molecular formula is C19H21NO3S. The predicted octanol–water partition coefficient (Wildman–Crippen LogP) is 3.83. The standard InChI is InChI=1S/C19H21NO3S/c1-13(15-9-5-4-6-10-15)20-18(21)16-11-7-8-12-17(16)24-14(2)19(22)23-3/h4-14H,1-3H3,(H,20,21). The number of nitrogens with one attached hydrogen (secondary N) is 1. The van der Waals surface area contributed by atoms with Crippen LogP contribution in [0.5, 0.6) is 0 Å². The zero-order chi connectivity index (χ0) is 17.5. The molecule has 0 spiro atoms. The van der Waals surface area contributed by atoms with Crippen molar-refractivity contribution in [2.75, 3.05) is 7.11 Å². The molecule has 0 aliphatic rings. The molecule has 126 valence electrons. The van der Waals surface area contributed by atoms with Crippen LogP contribution in [-0.2, 0) is 9.53 Å².